The van der Waals surface area contributed by atoms with Crippen LogP contribution in [0.15, 0.2) is 42.6 Å². The summed E-state index contributed by atoms with van der Waals surface area (Å²) in [6.07, 6.45) is 1.70. The van der Waals surface area contributed by atoms with Crippen LogP contribution in [0.25, 0.3) is 0 Å². The number of pyridine rings is 1. The van der Waals surface area contributed by atoms with Gasteiger partial charge in [0.2, 0.25) is 16.9 Å². The van der Waals surface area contributed by atoms with Gasteiger partial charge in [0, 0.05) is 17.7 Å². The zero-order valence-corrected chi connectivity index (χ0v) is 14.6. The van der Waals surface area contributed by atoms with Crippen molar-refractivity contribution in [1.82, 2.24) is 14.3 Å². The number of hydrogen-bond acceptors (Lipinski definition) is 7. The van der Waals surface area contributed by atoms with Crippen LogP contribution in [0.3, 0.4) is 0 Å². The Kier molecular flexibility index (Phi) is 5.18. The van der Waals surface area contributed by atoms with E-state index in [0.29, 0.717) is 16.7 Å². The van der Waals surface area contributed by atoms with Gasteiger partial charge in [0.1, 0.15) is 17.1 Å². The largest absolute Gasteiger partial charge is 0.438 e. The highest BCUT2D eigenvalue weighted by Gasteiger charge is 2.11. The number of carbonyl (C=O) groups excluding carboxylic acids is 2. The summed E-state index contributed by atoms with van der Waals surface area (Å²) in [5, 5.41) is 3.17. The topological polar surface area (TPSA) is 120 Å². The molecule has 2 aromatic heterocycles. The standard InChI is InChI=1S/C17H15N5O3S/c1-10-20-17(26-22-10)21-14(23)9-11-4-6-12(7-5-11)25-16-13(15(18)24)3-2-8-19-16/h2-8H,9H2,1H3,(H2,18,24)(H,20,21,22,23). The van der Waals surface area contributed by atoms with Crippen LogP contribution >= 0.6 is 11.5 Å². The molecule has 0 aliphatic rings. The SMILES string of the molecule is Cc1nsc(NC(=O)Cc2ccc(Oc3ncccc3C(N)=O)cc2)n1. The first kappa shape index (κ1) is 17.5. The van der Waals surface area contributed by atoms with Crippen LogP contribution in [0.5, 0.6) is 11.6 Å². The molecule has 26 heavy (non-hydrogen) atoms. The molecule has 2 heterocycles. The zero-order chi connectivity index (χ0) is 18.5. The first-order valence-electron chi connectivity index (χ1n) is 7.63. The van der Waals surface area contributed by atoms with E-state index >= 15 is 0 Å². The molecule has 0 aliphatic carbocycles. The van der Waals surface area contributed by atoms with E-state index in [1.165, 1.54) is 6.20 Å². The molecular weight excluding hydrogens is 354 g/mol. The Labute approximate surface area is 153 Å². The molecule has 0 fully saturated rings. The third-order valence-electron chi connectivity index (χ3n) is 3.31. The maximum Gasteiger partial charge on any atom is 0.254 e. The molecule has 3 aromatic rings. The number of nitrogens with one attached hydrogen (secondary N) is 1. The molecular formula is C17H15N5O3S. The van der Waals surface area contributed by atoms with Crippen molar-refractivity contribution < 1.29 is 14.3 Å². The third kappa shape index (κ3) is 4.39. The van der Waals surface area contributed by atoms with Gasteiger partial charge in [-0.15, -0.1) is 0 Å². The number of hydrogen-bond donors (Lipinski definition) is 2. The summed E-state index contributed by atoms with van der Waals surface area (Å²) in [5.74, 6) is 0.438. The number of amides is 2. The Morgan fingerprint density at radius 1 is 1.23 bits per heavy atom. The van der Waals surface area contributed by atoms with Gasteiger partial charge in [-0.2, -0.15) is 4.37 Å². The van der Waals surface area contributed by atoms with Gasteiger partial charge in [-0.1, -0.05) is 12.1 Å². The molecule has 2 amide bonds. The number of nitrogens with zero attached hydrogens (tertiary/aromatic N) is 3. The number of ether oxygens (including phenoxy) is 1. The van der Waals surface area contributed by atoms with Crippen molar-refractivity contribution in [3.05, 3.63) is 59.5 Å². The lowest BCUT2D eigenvalue weighted by Gasteiger charge is -2.08. The summed E-state index contributed by atoms with van der Waals surface area (Å²) in [4.78, 5) is 31.5. The highest BCUT2D eigenvalue weighted by atomic mass is 32.1. The predicted octanol–water partition coefficient (Wildman–Crippen LogP) is 2.31. The van der Waals surface area contributed by atoms with E-state index in [9.17, 15) is 9.59 Å². The second kappa shape index (κ2) is 7.70. The number of carbonyl (C=O) groups is 2. The second-order valence-corrected chi connectivity index (χ2v) is 6.09. The summed E-state index contributed by atoms with van der Waals surface area (Å²) < 4.78 is 9.61. The molecule has 132 valence electrons. The van der Waals surface area contributed by atoms with E-state index in [2.05, 4.69) is 19.7 Å². The molecule has 0 atom stereocenters. The summed E-state index contributed by atoms with van der Waals surface area (Å²) >= 11 is 1.14. The molecule has 3 rings (SSSR count). The first-order valence-corrected chi connectivity index (χ1v) is 8.40. The molecule has 0 radical (unpaired) electrons. The smallest absolute Gasteiger partial charge is 0.254 e. The van der Waals surface area contributed by atoms with Crippen LogP contribution in [-0.4, -0.2) is 26.2 Å². The maximum atomic E-state index is 12.0. The van der Waals surface area contributed by atoms with Gasteiger partial charge < -0.3 is 15.8 Å². The number of anilines is 1. The van der Waals surface area contributed by atoms with Gasteiger partial charge in [-0.3, -0.25) is 9.59 Å². The van der Waals surface area contributed by atoms with Gasteiger partial charge in [0.05, 0.1) is 6.42 Å². The van der Waals surface area contributed by atoms with E-state index in [0.717, 1.165) is 17.1 Å². The molecule has 3 N–H and O–H groups in total. The lowest BCUT2D eigenvalue weighted by atomic mass is 10.1. The van der Waals surface area contributed by atoms with Crippen molar-refractivity contribution >= 4 is 28.5 Å². The van der Waals surface area contributed by atoms with E-state index in [-0.39, 0.29) is 23.8 Å². The fourth-order valence-corrected chi connectivity index (χ4v) is 2.74. The van der Waals surface area contributed by atoms with Gasteiger partial charge in [0.25, 0.3) is 5.91 Å². The number of primary amides is 1. The minimum absolute atomic E-state index is 0.136. The van der Waals surface area contributed by atoms with Crippen LogP contribution < -0.4 is 15.8 Å². The molecule has 0 saturated carbocycles. The lowest BCUT2D eigenvalue weighted by Crippen LogP contribution is -2.14. The molecule has 8 nitrogen and oxygen atoms in total. The summed E-state index contributed by atoms with van der Waals surface area (Å²) in [7, 11) is 0. The lowest BCUT2D eigenvalue weighted by molar-refractivity contribution is -0.115. The molecule has 0 unspecified atom stereocenters. The first-order chi connectivity index (χ1) is 12.5. The number of benzene rings is 1. The van der Waals surface area contributed by atoms with Crippen LogP contribution in [0.4, 0.5) is 5.13 Å². The number of nitrogens with two attached hydrogens (primary N) is 1. The Morgan fingerprint density at radius 3 is 2.65 bits per heavy atom. The Morgan fingerprint density at radius 2 is 2.00 bits per heavy atom. The van der Waals surface area contributed by atoms with Crippen molar-refractivity contribution in [2.75, 3.05) is 5.32 Å². The molecule has 0 saturated heterocycles. The molecule has 1 aromatic carbocycles. The number of aryl methyl sites for hydroxylation is 1. The van der Waals surface area contributed by atoms with Crippen molar-refractivity contribution in [2.24, 2.45) is 5.73 Å². The zero-order valence-electron chi connectivity index (χ0n) is 13.8. The van der Waals surface area contributed by atoms with Gasteiger partial charge in [0.15, 0.2) is 0 Å². The monoisotopic (exact) mass is 369 g/mol. The highest BCUT2D eigenvalue weighted by Crippen LogP contribution is 2.23. The van der Waals surface area contributed by atoms with Crippen LogP contribution in [0.2, 0.25) is 0 Å². The van der Waals surface area contributed by atoms with Gasteiger partial charge >= 0.3 is 0 Å². The second-order valence-electron chi connectivity index (χ2n) is 5.34. The maximum absolute atomic E-state index is 12.0. The highest BCUT2D eigenvalue weighted by molar-refractivity contribution is 7.09. The predicted molar refractivity (Wildman–Crippen MR) is 96.3 cm³/mol. The van der Waals surface area contributed by atoms with E-state index in [1.807, 2.05) is 0 Å². The Balaban J connectivity index is 1.63. The van der Waals surface area contributed by atoms with Crippen LogP contribution in [0.1, 0.15) is 21.7 Å². The Bertz CT molecular complexity index is 940. The molecule has 0 spiro atoms. The Hall–Kier alpha value is -3.33. The summed E-state index contributed by atoms with van der Waals surface area (Å²) in [6, 6.07) is 10.0. The average Bonchev–Trinajstić information content (AvgIpc) is 3.01. The summed E-state index contributed by atoms with van der Waals surface area (Å²) in [5.41, 5.74) is 6.30. The van der Waals surface area contributed by atoms with Crippen LogP contribution in [-0.2, 0) is 11.2 Å². The molecule has 0 aliphatic heterocycles. The minimum Gasteiger partial charge on any atom is -0.438 e. The van der Waals surface area contributed by atoms with Crippen molar-refractivity contribution in [3.63, 3.8) is 0 Å². The average molecular weight is 369 g/mol. The van der Waals surface area contributed by atoms with Crippen molar-refractivity contribution in [2.45, 2.75) is 13.3 Å². The molecule has 0 bridgehead atoms. The van der Waals surface area contributed by atoms with Gasteiger partial charge in [-0.05, 0) is 36.8 Å². The number of aromatic nitrogens is 3. The fraction of sp³-hybridized carbons (Fsp3) is 0.118. The fourth-order valence-electron chi connectivity index (χ4n) is 2.14. The number of rotatable bonds is 6. The van der Waals surface area contributed by atoms with Crippen LogP contribution in [0, 0.1) is 6.92 Å². The van der Waals surface area contributed by atoms with E-state index in [1.54, 1.807) is 43.3 Å². The third-order valence-corrected chi connectivity index (χ3v) is 4.03. The van der Waals surface area contributed by atoms with Crippen molar-refractivity contribution in [1.29, 1.82) is 0 Å². The molecule has 9 heteroatoms. The summed E-state index contributed by atoms with van der Waals surface area (Å²) in [6.45, 7) is 1.76. The minimum atomic E-state index is -0.617. The quantitative estimate of drug-likeness (QED) is 0.688. The normalized spacial score (nSPS) is 10.3. The van der Waals surface area contributed by atoms with Gasteiger partial charge in [-0.25, -0.2) is 9.97 Å². The van der Waals surface area contributed by atoms with Crippen molar-refractivity contribution in [3.8, 4) is 11.6 Å². The van der Waals surface area contributed by atoms with E-state index in [4.69, 9.17) is 10.5 Å². The van der Waals surface area contributed by atoms with E-state index < -0.39 is 5.91 Å².